The fourth-order valence-corrected chi connectivity index (χ4v) is 3.32. The molecule has 2 aromatic rings. The largest absolute Gasteiger partial charge is 0.497 e. The minimum absolute atomic E-state index is 0.00302. The summed E-state index contributed by atoms with van der Waals surface area (Å²) in [7, 11) is 3.34. The standard InChI is InChI=1S/C22H29N3O3/c1-27-20-8-6-19(7-9-20)17-23-22(26)25-14-12-24(13-15-25)11-10-18-4-3-5-21(16-18)28-2/h3-9,16H,10-15,17H2,1-2H3,(H,23,26). The number of methoxy groups -OCH3 is 2. The van der Waals surface area contributed by atoms with Crippen molar-refractivity contribution in [3.8, 4) is 11.5 Å². The van der Waals surface area contributed by atoms with E-state index in [2.05, 4.69) is 22.3 Å². The van der Waals surface area contributed by atoms with Gasteiger partial charge in [0, 0.05) is 39.3 Å². The number of amides is 2. The zero-order chi connectivity index (χ0) is 19.8. The van der Waals surface area contributed by atoms with E-state index in [1.165, 1.54) is 5.56 Å². The van der Waals surface area contributed by atoms with Gasteiger partial charge in [0.2, 0.25) is 0 Å². The van der Waals surface area contributed by atoms with Crippen LogP contribution in [0.25, 0.3) is 0 Å². The molecule has 2 amide bonds. The molecular weight excluding hydrogens is 354 g/mol. The van der Waals surface area contributed by atoms with Crippen molar-refractivity contribution in [3.63, 3.8) is 0 Å². The first-order chi connectivity index (χ1) is 13.7. The second kappa shape index (κ2) is 9.99. The van der Waals surface area contributed by atoms with Crippen LogP contribution in [0.2, 0.25) is 0 Å². The summed E-state index contributed by atoms with van der Waals surface area (Å²) < 4.78 is 10.4. The van der Waals surface area contributed by atoms with Crippen molar-refractivity contribution < 1.29 is 14.3 Å². The normalized spacial score (nSPS) is 14.6. The summed E-state index contributed by atoms with van der Waals surface area (Å²) in [5.74, 6) is 1.72. The van der Waals surface area contributed by atoms with Gasteiger partial charge in [0.1, 0.15) is 11.5 Å². The fraction of sp³-hybridized carbons (Fsp3) is 0.409. The second-order valence-electron chi connectivity index (χ2n) is 6.94. The minimum atomic E-state index is 0.00302. The van der Waals surface area contributed by atoms with Gasteiger partial charge < -0.3 is 19.7 Å². The Kier molecular flexibility index (Phi) is 7.14. The predicted molar refractivity (Wildman–Crippen MR) is 110 cm³/mol. The molecule has 0 spiro atoms. The minimum Gasteiger partial charge on any atom is -0.497 e. The number of carbonyl (C=O) groups is 1. The molecule has 3 rings (SSSR count). The van der Waals surface area contributed by atoms with Gasteiger partial charge in [0.05, 0.1) is 14.2 Å². The van der Waals surface area contributed by atoms with E-state index in [4.69, 9.17) is 9.47 Å². The molecule has 0 aromatic heterocycles. The number of ether oxygens (including phenoxy) is 2. The van der Waals surface area contributed by atoms with E-state index in [1.807, 2.05) is 41.3 Å². The smallest absolute Gasteiger partial charge is 0.317 e. The van der Waals surface area contributed by atoms with Crippen LogP contribution in [0, 0.1) is 0 Å². The molecule has 0 bridgehead atoms. The number of benzene rings is 2. The van der Waals surface area contributed by atoms with Crippen molar-refractivity contribution in [1.82, 2.24) is 15.1 Å². The highest BCUT2D eigenvalue weighted by Gasteiger charge is 2.20. The van der Waals surface area contributed by atoms with Gasteiger partial charge in [-0.05, 0) is 41.8 Å². The Labute approximate surface area is 167 Å². The number of nitrogens with one attached hydrogen (secondary N) is 1. The number of hydrogen-bond donors (Lipinski definition) is 1. The van der Waals surface area contributed by atoms with Crippen LogP contribution < -0.4 is 14.8 Å². The molecule has 1 aliphatic rings. The molecule has 1 N–H and O–H groups in total. The maximum atomic E-state index is 12.4. The van der Waals surface area contributed by atoms with Gasteiger partial charge in [0.25, 0.3) is 0 Å². The maximum Gasteiger partial charge on any atom is 0.317 e. The molecule has 0 saturated carbocycles. The van der Waals surface area contributed by atoms with E-state index < -0.39 is 0 Å². The maximum absolute atomic E-state index is 12.4. The number of nitrogens with zero attached hydrogens (tertiary/aromatic N) is 2. The molecule has 28 heavy (non-hydrogen) atoms. The van der Waals surface area contributed by atoms with E-state index in [0.29, 0.717) is 6.54 Å². The third-order valence-corrected chi connectivity index (χ3v) is 5.11. The van der Waals surface area contributed by atoms with Crippen LogP contribution in [-0.2, 0) is 13.0 Å². The van der Waals surface area contributed by atoms with Gasteiger partial charge in [-0.3, -0.25) is 4.90 Å². The Hall–Kier alpha value is -2.73. The van der Waals surface area contributed by atoms with Gasteiger partial charge in [-0.15, -0.1) is 0 Å². The lowest BCUT2D eigenvalue weighted by Gasteiger charge is -2.34. The molecule has 1 saturated heterocycles. The zero-order valence-electron chi connectivity index (χ0n) is 16.7. The van der Waals surface area contributed by atoms with Crippen LogP contribution in [0.1, 0.15) is 11.1 Å². The Morgan fingerprint density at radius 1 is 0.929 bits per heavy atom. The second-order valence-corrected chi connectivity index (χ2v) is 6.94. The summed E-state index contributed by atoms with van der Waals surface area (Å²) in [6.07, 6.45) is 0.987. The summed E-state index contributed by atoms with van der Waals surface area (Å²) in [6, 6.07) is 16.0. The van der Waals surface area contributed by atoms with Gasteiger partial charge in [-0.1, -0.05) is 24.3 Å². The summed E-state index contributed by atoms with van der Waals surface area (Å²) in [5, 5.41) is 3.01. The Morgan fingerprint density at radius 3 is 2.32 bits per heavy atom. The van der Waals surface area contributed by atoms with Crippen LogP contribution in [0.5, 0.6) is 11.5 Å². The topological polar surface area (TPSA) is 54.0 Å². The Morgan fingerprint density at radius 2 is 1.64 bits per heavy atom. The highest BCUT2D eigenvalue weighted by atomic mass is 16.5. The number of carbonyl (C=O) groups excluding carboxylic acids is 1. The highest BCUT2D eigenvalue weighted by molar-refractivity contribution is 5.74. The SMILES string of the molecule is COc1ccc(CNC(=O)N2CCN(CCc3cccc(OC)c3)CC2)cc1. The molecule has 150 valence electrons. The molecular formula is C22H29N3O3. The van der Waals surface area contributed by atoms with Crippen molar-refractivity contribution in [2.75, 3.05) is 46.9 Å². The third kappa shape index (κ3) is 5.63. The van der Waals surface area contributed by atoms with Crippen LogP contribution in [0.3, 0.4) is 0 Å². The lowest BCUT2D eigenvalue weighted by molar-refractivity contribution is 0.140. The first-order valence-corrected chi connectivity index (χ1v) is 9.69. The van der Waals surface area contributed by atoms with Gasteiger partial charge >= 0.3 is 6.03 Å². The monoisotopic (exact) mass is 383 g/mol. The summed E-state index contributed by atoms with van der Waals surface area (Å²) in [4.78, 5) is 16.7. The lowest BCUT2D eigenvalue weighted by atomic mass is 10.1. The number of urea groups is 1. The van der Waals surface area contributed by atoms with E-state index in [0.717, 1.165) is 56.2 Å². The van der Waals surface area contributed by atoms with E-state index in [1.54, 1.807) is 14.2 Å². The Bertz CT molecular complexity index is 756. The van der Waals surface area contributed by atoms with Crippen molar-refractivity contribution in [2.45, 2.75) is 13.0 Å². The molecule has 0 aliphatic carbocycles. The quantitative estimate of drug-likeness (QED) is 0.799. The van der Waals surface area contributed by atoms with Gasteiger partial charge in [0.15, 0.2) is 0 Å². The lowest BCUT2D eigenvalue weighted by Crippen LogP contribution is -2.51. The predicted octanol–water partition coefficient (Wildman–Crippen LogP) is 2.77. The summed E-state index contributed by atoms with van der Waals surface area (Å²) in [5.41, 5.74) is 2.34. The molecule has 1 aliphatic heterocycles. The molecule has 6 heteroatoms. The Balaban J connectivity index is 1.38. The molecule has 2 aromatic carbocycles. The van der Waals surface area contributed by atoms with Crippen LogP contribution in [-0.4, -0.2) is 62.8 Å². The molecule has 1 heterocycles. The van der Waals surface area contributed by atoms with E-state index in [9.17, 15) is 4.79 Å². The summed E-state index contributed by atoms with van der Waals surface area (Å²) >= 11 is 0. The van der Waals surface area contributed by atoms with E-state index in [-0.39, 0.29) is 6.03 Å². The van der Waals surface area contributed by atoms with Crippen molar-refractivity contribution >= 4 is 6.03 Å². The average molecular weight is 383 g/mol. The van der Waals surface area contributed by atoms with Gasteiger partial charge in [-0.25, -0.2) is 4.79 Å². The molecule has 1 fully saturated rings. The first-order valence-electron chi connectivity index (χ1n) is 9.69. The first kappa shape index (κ1) is 20.0. The van der Waals surface area contributed by atoms with Crippen molar-refractivity contribution in [2.24, 2.45) is 0 Å². The van der Waals surface area contributed by atoms with Crippen LogP contribution in [0.4, 0.5) is 4.79 Å². The van der Waals surface area contributed by atoms with Crippen molar-refractivity contribution in [1.29, 1.82) is 0 Å². The average Bonchev–Trinajstić information content (AvgIpc) is 2.77. The van der Waals surface area contributed by atoms with Gasteiger partial charge in [-0.2, -0.15) is 0 Å². The number of hydrogen-bond acceptors (Lipinski definition) is 4. The fourth-order valence-electron chi connectivity index (χ4n) is 3.32. The molecule has 0 atom stereocenters. The van der Waals surface area contributed by atoms with Crippen molar-refractivity contribution in [3.05, 3.63) is 59.7 Å². The zero-order valence-corrected chi connectivity index (χ0v) is 16.7. The third-order valence-electron chi connectivity index (χ3n) is 5.11. The number of rotatable bonds is 7. The molecule has 0 radical (unpaired) electrons. The van der Waals surface area contributed by atoms with Crippen LogP contribution in [0.15, 0.2) is 48.5 Å². The highest BCUT2D eigenvalue weighted by Crippen LogP contribution is 2.14. The van der Waals surface area contributed by atoms with E-state index >= 15 is 0 Å². The molecule has 6 nitrogen and oxygen atoms in total. The summed E-state index contributed by atoms with van der Waals surface area (Å²) in [6.45, 7) is 4.84. The number of piperazine rings is 1. The van der Waals surface area contributed by atoms with Crippen LogP contribution >= 0.6 is 0 Å². The molecule has 0 unspecified atom stereocenters.